The average molecular weight is 440 g/mol. The van der Waals surface area contributed by atoms with Crippen LogP contribution >= 0.6 is 11.6 Å². The molecule has 1 aliphatic heterocycles. The van der Waals surface area contributed by atoms with Gasteiger partial charge >= 0.3 is 0 Å². The lowest BCUT2D eigenvalue weighted by Crippen LogP contribution is -2.49. The number of tetrazole rings is 1. The number of aromatic nitrogens is 5. The summed E-state index contributed by atoms with van der Waals surface area (Å²) in [4.78, 5) is 21.5. The number of benzene rings is 1. The first-order valence-corrected chi connectivity index (χ1v) is 10.9. The molecule has 0 bridgehead atoms. The number of hydrogen-bond acceptors (Lipinski definition) is 6. The summed E-state index contributed by atoms with van der Waals surface area (Å²) >= 11 is 6.04. The molecule has 9 heteroatoms. The first-order valence-electron chi connectivity index (χ1n) is 10.5. The van der Waals surface area contributed by atoms with E-state index in [0.717, 1.165) is 44.7 Å². The number of pyridine rings is 1. The van der Waals surface area contributed by atoms with Gasteiger partial charge in [0, 0.05) is 62.5 Å². The third kappa shape index (κ3) is 6.08. The van der Waals surface area contributed by atoms with Crippen LogP contribution in [0.2, 0.25) is 5.02 Å². The van der Waals surface area contributed by atoms with Gasteiger partial charge in [-0.2, -0.15) is 0 Å². The van der Waals surface area contributed by atoms with Crippen LogP contribution in [0.15, 0.2) is 55.1 Å². The van der Waals surface area contributed by atoms with E-state index in [0.29, 0.717) is 18.0 Å². The highest BCUT2D eigenvalue weighted by atomic mass is 35.5. The number of piperazine rings is 1. The predicted octanol–water partition coefficient (Wildman–Crippen LogP) is 2.28. The van der Waals surface area contributed by atoms with Gasteiger partial charge < -0.3 is 4.90 Å². The first kappa shape index (κ1) is 21.4. The van der Waals surface area contributed by atoms with Crippen LogP contribution in [0.1, 0.15) is 23.5 Å². The highest BCUT2D eigenvalue weighted by molar-refractivity contribution is 6.30. The zero-order chi connectivity index (χ0) is 21.5. The largest absolute Gasteiger partial charge is 0.340 e. The van der Waals surface area contributed by atoms with Crippen LogP contribution in [0, 0.1) is 0 Å². The minimum absolute atomic E-state index is 0.0158. The molecule has 162 valence electrons. The first-order chi connectivity index (χ1) is 15.2. The Morgan fingerprint density at radius 2 is 1.77 bits per heavy atom. The summed E-state index contributed by atoms with van der Waals surface area (Å²) in [6, 6.07) is 11.8. The van der Waals surface area contributed by atoms with Crippen LogP contribution in [-0.4, -0.2) is 73.6 Å². The van der Waals surface area contributed by atoms with E-state index in [4.69, 9.17) is 11.6 Å². The normalized spacial score (nSPS) is 15.7. The molecular formula is C22H26ClN7O. The van der Waals surface area contributed by atoms with E-state index in [1.54, 1.807) is 11.0 Å². The Morgan fingerprint density at radius 1 is 1.03 bits per heavy atom. The van der Waals surface area contributed by atoms with Crippen molar-refractivity contribution in [2.24, 2.45) is 0 Å². The molecule has 3 heterocycles. The van der Waals surface area contributed by atoms with E-state index in [2.05, 4.69) is 37.5 Å². The number of carbonyl (C=O) groups excluding carboxylic acids is 1. The number of carbonyl (C=O) groups is 1. The fraction of sp³-hybridized carbons (Fsp3) is 0.409. The molecule has 4 rings (SSSR count). The van der Waals surface area contributed by atoms with Gasteiger partial charge in [-0.1, -0.05) is 23.7 Å². The second-order valence-electron chi connectivity index (χ2n) is 7.81. The minimum atomic E-state index is -0.0158. The van der Waals surface area contributed by atoms with Crippen molar-refractivity contribution in [3.05, 3.63) is 71.3 Å². The van der Waals surface area contributed by atoms with Gasteiger partial charge in [0.25, 0.3) is 0 Å². The molecule has 31 heavy (non-hydrogen) atoms. The van der Waals surface area contributed by atoms with Crippen molar-refractivity contribution in [2.45, 2.75) is 25.3 Å². The van der Waals surface area contributed by atoms with Crippen LogP contribution in [0.3, 0.4) is 0 Å². The second-order valence-corrected chi connectivity index (χ2v) is 8.25. The summed E-state index contributed by atoms with van der Waals surface area (Å²) < 4.78 is 1.67. The quantitative estimate of drug-likeness (QED) is 0.535. The van der Waals surface area contributed by atoms with Gasteiger partial charge in [-0.15, -0.1) is 5.10 Å². The molecule has 0 saturated carbocycles. The molecule has 1 aromatic carbocycles. The van der Waals surface area contributed by atoms with Crippen molar-refractivity contribution < 1.29 is 4.79 Å². The maximum Gasteiger partial charge on any atom is 0.223 e. The van der Waals surface area contributed by atoms with E-state index in [1.807, 2.05) is 41.6 Å². The summed E-state index contributed by atoms with van der Waals surface area (Å²) in [5.41, 5.74) is 2.35. The minimum Gasteiger partial charge on any atom is -0.340 e. The third-order valence-electron chi connectivity index (χ3n) is 5.75. The van der Waals surface area contributed by atoms with Crippen molar-refractivity contribution in [3.8, 4) is 0 Å². The van der Waals surface area contributed by atoms with Crippen LogP contribution < -0.4 is 0 Å². The van der Waals surface area contributed by atoms with Gasteiger partial charge in [-0.05, 0) is 52.2 Å². The van der Waals surface area contributed by atoms with Crippen molar-refractivity contribution in [1.82, 2.24) is 35.0 Å². The lowest BCUT2D eigenvalue weighted by Gasteiger charge is -2.35. The molecule has 1 atom stereocenters. The summed E-state index contributed by atoms with van der Waals surface area (Å²) in [5, 5.41) is 12.1. The molecule has 0 spiro atoms. The van der Waals surface area contributed by atoms with Crippen molar-refractivity contribution in [1.29, 1.82) is 0 Å². The predicted molar refractivity (Wildman–Crippen MR) is 118 cm³/mol. The molecule has 0 N–H and O–H groups in total. The molecule has 1 unspecified atom stereocenters. The molecular weight excluding hydrogens is 414 g/mol. The van der Waals surface area contributed by atoms with Crippen molar-refractivity contribution in [2.75, 3.05) is 32.7 Å². The van der Waals surface area contributed by atoms with E-state index >= 15 is 0 Å². The highest BCUT2D eigenvalue weighted by Gasteiger charge is 2.25. The summed E-state index contributed by atoms with van der Waals surface area (Å²) in [6.07, 6.45) is 6.66. The Hall–Kier alpha value is -2.84. The lowest BCUT2D eigenvalue weighted by molar-refractivity contribution is -0.133. The fourth-order valence-electron chi connectivity index (χ4n) is 3.91. The summed E-state index contributed by atoms with van der Waals surface area (Å²) in [7, 11) is 0. The Kier molecular flexibility index (Phi) is 7.22. The van der Waals surface area contributed by atoms with Crippen molar-refractivity contribution in [3.63, 3.8) is 0 Å². The fourth-order valence-corrected chi connectivity index (χ4v) is 4.04. The Morgan fingerprint density at radius 3 is 2.45 bits per heavy atom. The maximum absolute atomic E-state index is 13.1. The van der Waals surface area contributed by atoms with E-state index in [1.165, 1.54) is 5.56 Å². The van der Waals surface area contributed by atoms with Gasteiger partial charge in [-0.25, -0.2) is 4.68 Å². The second kappa shape index (κ2) is 10.5. The Labute approximate surface area is 186 Å². The Balaban J connectivity index is 1.31. The van der Waals surface area contributed by atoms with Gasteiger partial charge in [-0.3, -0.25) is 14.7 Å². The lowest BCUT2D eigenvalue weighted by atomic mass is 9.95. The summed E-state index contributed by atoms with van der Waals surface area (Å²) in [6.45, 7) is 4.86. The maximum atomic E-state index is 13.1. The SMILES string of the molecule is O=C(CC(Cn1cnnn1)c1ccc(Cl)cc1)N1CCN(CCc2ccncc2)CC1. The molecule has 1 fully saturated rings. The smallest absolute Gasteiger partial charge is 0.223 e. The average Bonchev–Trinajstić information content (AvgIpc) is 3.32. The number of amides is 1. The third-order valence-corrected chi connectivity index (χ3v) is 6.00. The molecule has 2 aromatic heterocycles. The van der Waals surface area contributed by atoms with Crippen molar-refractivity contribution >= 4 is 17.5 Å². The Bertz CT molecular complexity index is 942. The van der Waals surface area contributed by atoms with Crippen LogP contribution in [0.4, 0.5) is 0 Å². The van der Waals surface area contributed by atoms with Gasteiger partial charge in [0.05, 0.1) is 6.54 Å². The molecule has 1 amide bonds. The molecule has 3 aromatic rings. The van der Waals surface area contributed by atoms with Gasteiger partial charge in [0.1, 0.15) is 6.33 Å². The van der Waals surface area contributed by atoms with Crippen LogP contribution in [-0.2, 0) is 17.8 Å². The molecule has 8 nitrogen and oxygen atoms in total. The number of halogens is 1. The van der Waals surface area contributed by atoms with Crippen LogP contribution in [0.25, 0.3) is 0 Å². The molecule has 0 radical (unpaired) electrons. The van der Waals surface area contributed by atoms with Gasteiger partial charge in [0.2, 0.25) is 5.91 Å². The topological polar surface area (TPSA) is 80.0 Å². The zero-order valence-electron chi connectivity index (χ0n) is 17.3. The van der Waals surface area contributed by atoms with E-state index < -0.39 is 0 Å². The van der Waals surface area contributed by atoms with Gasteiger partial charge in [0.15, 0.2) is 0 Å². The monoisotopic (exact) mass is 439 g/mol. The molecule has 1 saturated heterocycles. The number of nitrogens with zero attached hydrogens (tertiary/aromatic N) is 7. The standard InChI is InChI=1S/C22H26ClN7O/c23-21-3-1-19(2-4-21)20(16-30-17-25-26-27-30)15-22(31)29-13-11-28(12-14-29)10-7-18-5-8-24-9-6-18/h1-6,8-9,17,20H,7,10-16H2. The molecule has 0 aliphatic carbocycles. The zero-order valence-corrected chi connectivity index (χ0v) is 18.1. The number of hydrogen-bond donors (Lipinski definition) is 0. The summed E-state index contributed by atoms with van der Waals surface area (Å²) in [5.74, 6) is 0.153. The van der Waals surface area contributed by atoms with Crippen LogP contribution in [0.5, 0.6) is 0 Å². The van der Waals surface area contributed by atoms with E-state index in [9.17, 15) is 4.79 Å². The highest BCUT2D eigenvalue weighted by Crippen LogP contribution is 2.24. The molecule has 1 aliphatic rings. The van der Waals surface area contributed by atoms with E-state index in [-0.39, 0.29) is 11.8 Å². The number of rotatable bonds is 8.